The number of halogens is 1. The minimum absolute atomic E-state index is 0.714. The summed E-state index contributed by atoms with van der Waals surface area (Å²) in [5, 5.41) is 2.58. The molecule has 14 heavy (non-hydrogen) atoms. The molecule has 0 spiro atoms. The standard InChI is InChI=1S/C10H8BrNOS/c11-4-8-7-3-1-2-6(5-13)9(7)14-10(8)12/h1-3,5H,4,12H2. The topological polar surface area (TPSA) is 43.1 Å². The number of aldehydes is 1. The third-order valence-corrected chi connectivity index (χ3v) is 3.83. The Morgan fingerprint density at radius 1 is 1.50 bits per heavy atom. The molecule has 0 atom stereocenters. The molecule has 0 radical (unpaired) electrons. The number of rotatable bonds is 2. The molecule has 0 fully saturated rings. The number of carbonyl (C=O) groups excluding carboxylic acids is 1. The van der Waals surface area contributed by atoms with Crippen LogP contribution in [0.1, 0.15) is 15.9 Å². The lowest BCUT2D eigenvalue weighted by Gasteiger charge is -1.95. The average Bonchev–Trinajstić information content (AvgIpc) is 2.52. The molecule has 0 aliphatic heterocycles. The van der Waals surface area contributed by atoms with E-state index in [1.807, 2.05) is 18.2 Å². The number of carbonyl (C=O) groups is 1. The third-order valence-electron chi connectivity index (χ3n) is 2.14. The first-order chi connectivity index (χ1) is 6.77. The molecule has 4 heteroatoms. The molecule has 2 N–H and O–H groups in total. The fourth-order valence-corrected chi connectivity index (χ4v) is 3.29. The molecule has 0 saturated heterocycles. The van der Waals surface area contributed by atoms with Gasteiger partial charge in [0.25, 0.3) is 0 Å². The summed E-state index contributed by atoms with van der Waals surface area (Å²) in [5.41, 5.74) is 7.65. The maximum atomic E-state index is 10.8. The summed E-state index contributed by atoms with van der Waals surface area (Å²) in [6.07, 6.45) is 0.871. The van der Waals surface area contributed by atoms with Crippen molar-refractivity contribution in [3.8, 4) is 0 Å². The van der Waals surface area contributed by atoms with Gasteiger partial charge in [0.15, 0.2) is 6.29 Å². The number of hydrogen-bond donors (Lipinski definition) is 1. The molecule has 0 unspecified atom stereocenters. The zero-order chi connectivity index (χ0) is 10.1. The van der Waals surface area contributed by atoms with Crippen molar-refractivity contribution in [2.75, 3.05) is 5.73 Å². The summed E-state index contributed by atoms with van der Waals surface area (Å²) in [6.45, 7) is 0. The zero-order valence-corrected chi connectivity index (χ0v) is 9.69. The Balaban J connectivity index is 2.85. The summed E-state index contributed by atoms with van der Waals surface area (Å²) in [4.78, 5) is 10.8. The van der Waals surface area contributed by atoms with Gasteiger partial charge in [-0.1, -0.05) is 34.1 Å². The lowest BCUT2D eigenvalue weighted by molar-refractivity contribution is 0.112. The molecule has 0 bridgehead atoms. The van der Waals surface area contributed by atoms with Crippen LogP contribution in [0.5, 0.6) is 0 Å². The number of nitrogen functional groups attached to an aromatic ring is 1. The number of benzene rings is 1. The van der Waals surface area contributed by atoms with Gasteiger partial charge in [0.1, 0.15) is 0 Å². The van der Waals surface area contributed by atoms with E-state index in [-0.39, 0.29) is 0 Å². The molecule has 0 amide bonds. The fraction of sp³-hybridized carbons (Fsp3) is 0.100. The summed E-state index contributed by atoms with van der Waals surface area (Å²) in [6, 6.07) is 5.68. The van der Waals surface area contributed by atoms with Crippen LogP contribution in [-0.4, -0.2) is 6.29 Å². The second kappa shape index (κ2) is 3.71. The zero-order valence-electron chi connectivity index (χ0n) is 7.29. The second-order valence-corrected chi connectivity index (χ2v) is 4.53. The van der Waals surface area contributed by atoms with Crippen molar-refractivity contribution >= 4 is 48.6 Å². The highest BCUT2D eigenvalue weighted by molar-refractivity contribution is 9.08. The molecular formula is C10H8BrNOS. The predicted octanol–water partition coefficient (Wildman–Crippen LogP) is 3.19. The van der Waals surface area contributed by atoms with Crippen LogP contribution in [0.3, 0.4) is 0 Å². The van der Waals surface area contributed by atoms with E-state index in [1.54, 1.807) is 0 Å². The lowest BCUT2D eigenvalue weighted by atomic mass is 10.1. The highest BCUT2D eigenvalue weighted by atomic mass is 79.9. The Kier molecular flexibility index (Phi) is 2.56. The van der Waals surface area contributed by atoms with Gasteiger partial charge in [0, 0.05) is 21.2 Å². The van der Waals surface area contributed by atoms with E-state index in [9.17, 15) is 4.79 Å². The van der Waals surface area contributed by atoms with Gasteiger partial charge in [-0.3, -0.25) is 4.79 Å². The molecule has 0 saturated carbocycles. The quantitative estimate of drug-likeness (QED) is 0.672. The first-order valence-electron chi connectivity index (χ1n) is 4.09. The highest BCUT2D eigenvalue weighted by Gasteiger charge is 2.10. The van der Waals surface area contributed by atoms with Crippen molar-refractivity contribution in [3.05, 3.63) is 29.3 Å². The van der Waals surface area contributed by atoms with Gasteiger partial charge in [-0.15, -0.1) is 11.3 Å². The second-order valence-electron chi connectivity index (χ2n) is 2.92. The van der Waals surface area contributed by atoms with Crippen LogP contribution in [-0.2, 0) is 5.33 Å². The Labute approximate surface area is 93.9 Å². The molecule has 0 aliphatic carbocycles. The summed E-state index contributed by atoms with van der Waals surface area (Å²) in [7, 11) is 0. The SMILES string of the molecule is Nc1sc2c(C=O)cccc2c1CBr. The number of anilines is 1. The monoisotopic (exact) mass is 269 g/mol. The number of nitrogens with two attached hydrogens (primary N) is 1. The highest BCUT2D eigenvalue weighted by Crippen LogP contribution is 2.36. The van der Waals surface area contributed by atoms with Crippen LogP contribution in [0, 0.1) is 0 Å². The smallest absolute Gasteiger partial charge is 0.151 e. The first kappa shape index (κ1) is 9.68. The molecule has 2 rings (SSSR count). The molecule has 2 nitrogen and oxygen atoms in total. The van der Waals surface area contributed by atoms with Gasteiger partial charge in [-0.25, -0.2) is 0 Å². The maximum absolute atomic E-state index is 10.8. The Bertz CT molecular complexity index is 492. The maximum Gasteiger partial charge on any atom is 0.151 e. The fourth-order valence-electron chi connectivity index (χ4n) is 1.44. The van der Waals surface area contributed by atoms with Crippen molar-refractivity contribution in [2.45, 2.75) is 5.33 Å². The van der Waals surface area contributed by atoms with Crippen molar-refractivity contribution < 1.29 is 4.79 Å². The van der Waals surface area contributed by atoms with Gasteiger partial charge in [0.2, 0.25) is 0 Å². The normalized spacial score (nSPS) is 10.6. The number of alkyl halides is 1. The Morgan fingerprint density at radius 3 is 2.93 bits per heavy atom. The van der Waals surface area contributed by atoms with Crippen molar-refractivity contribution in [2.24, 2.45) is 0 Å². The van der Waals surface area contributed by atoms with E-state index in [2.05, 4.69) is 15.9 Å². The van der Waals surface area contributed by atoms with Crippen LogP contribution in [0.15, 0.2) is 18.2 Å². The average molecular weight is 270 g/mol. The van der Waals surface area contributed by atoms with Gasteiger partial charge in [0.05, 0.1) is 5.00 Å². The molecule has 1 aromatic heterocycles. The van der Waals surface area contributed by atoms with E-state index < -0.39 is 0 Å². The van der Waals surface area contributed by atoms with Gasteiger partial charge >= 0.3 is 0 Å². The van der Waals surface area contributed by atoms with E-state index in [1.165, 1.54) is 11.3 Å². The van der Waals surface area contributed by atoms with Gasteiger partial charge in [-0.2, -0.15) is 0 Å². The van der Waals surface area contributed by atoms with Crippen LogP contribution in [0.2, 0.25) is 0 Å². The summed E-state index contributed by atoms with van der Waals surface area (Å²) >= 11 is 4.86. The van der Waals surface area contributed by atoms with Crippen molar-refractivity contribution in [1.29, 1.82) is 0 Å². The molecule has 0 aliphatic rings. The van der Waals surface area contributed by atoms with Crippen LogP contribution < -0.4 is 5.73 Å². The summed E-state index contributed by atoms with van der Waals surface area (Å²) in [5.74, 6) is 0. The van der Waals surface area contributed by atoms with Gasteiger partial charge in [-0.05, 0) is 5.39 Å². The molecule has 2 aromatic rings. The van der Waals surface area contributed by atoms with E-state index in [0.717, 1.165) is 32.3 Å². The third kappa shape index (κ3) is 1.35. The van der Waals surface area contributed by atoms with Crippen molar-refractivity contribution in [1.82, 2.24) is 0 Å². The Morgan fingerprint density at radius 2 is 2.29 bits per heavy atom. The lowest BCUT2D eigenvalue weighted by Crippen LogP contribution is -1.84. The van der Waals surface area contributed by atoms with Gasteiger partial charge < -0.3 is 5.73 Å². The molecule has 1 heterocycles. The Hall–Kier alpha value is -0.870. The molecule has 1 aromatic carbocycles. The van der Waals surface area contributed by atoms with Crippen LogP contribution >= 0.6 is 27.3 Å². The summed E-state index contributed by atoms with van der Waals surface area (Å²) < 4.78 is 0.981. The number of thiophene rings is 1. The minimum atomic E-state index is 0.714. The van der Waals surface area contributed by atoms with E-state index >= 15 is 0 Å². The number of hydrogen-bond acceptors (Lipinski definition) is 3. The van der Waals surface area contributed by atoms with E-state index in [0.29, 0.717) is 5.56 Å². The first-order valence-corrected chi connectivity index (χ1v) is 6.02. The van der Waals surface area contributed by atoms with E-state index in [4.69, 9.17) is 5.73 Å². The molecule has 72 valence electrons. The van der Waals surface area contributed by atoms with Crippen LogP contribution in [0.4, 0.5) is 5.00 Å². The molecular weight excluding hydrogens is 262 g/mol. The predicted molar refractivity (Wildman–Crippen MR) is 64.3 cm³/mol. The minimum Gasteiger partial charge on any atom is -0.390 e. The van der Waals surface area contributed by atoms with Crippen molar-refractivity contribution in [3.63, 3.8) is 0 Å². The number of fused-ring (bicyclic) bond motifs is 1. The largest absolute Gasteiger partial charge is 0.390 e. The van der Waals surface area contributed by atoms with Crippen LogP contribution in [0.25, 0.3) is 10.1 Å².